The molecule has 1 aliphatic heterocycles. The average Bonchev–Trinajstić information content (AvgIpc) is 2.99. The number of esters is 1. The molecule has 0 radical (unpaired) electrons. The maximum atomic E-state index is 14.4. The molecule has 1 aromatic carbocycles. The van der Waals surface area contributed by atoms with Gasteiger partial charge in [-0.3, -0.25) is 14.3 Å². The lowest BCUT2D eigenvalue weighted by Gasteiger charge is -2.15. The molecule has 0 atom stereocenters. The van der Waals surface area contributed by atoms with E-state index in [0.717, 1.165) is 37.0 Å². The van der Waals surface area contributed by atoms with Gasteiger partial charge in [0.2, 0.25) is 4.80 Å². The van der Waals surface area contributed by atoms with E-state index in [1.54, 1.807) is 9.36 Å². The second kappa shape index (κ2) is 9.76. The molecule has 10 heteroatoms. The Kier molecular flexibility index (Phi) is 7.36. The standard InChI is InChI=1S/C18H21ClFN3O3S2/c1-2-3-8-26-16(24)11-27-15-10-14(13(20)9-12(15)19)21-17-22-6-4-5-7-23(22)18(25)28-17/h9-10H,2-8,11H2,1H3. The van der Waals surface area contributed by atoms with Crippen LogP contribution in [0.3, 0.4) is 0 Å². The van der Waals surface area contributed by atoms with E-state index in [0.29, 0.717) is 29.4 Å². The molecule has 2 heterocycles. The van der Waals surface area contributed by atoms with E-state index >= 15 is 0 Å². The summed E-state index contributed by atoms with van der Waals surface area (Å²) in [5.74, 6) is -0.832. The van der Waals surface area contributed by atoms with Gasteiger partial charge in [0.1, 0.15) is 11.5 Å². The number of hydrogen-bond acceptors (Lipinski definition) is 6. The zero-order valence-corrected chi connectivity index (χ0v) is 17.8. The summed E-state index contributed by atoms with van der Waals surface area (Å²) < 4.78 is 22.9. The molecule has 3 rings (SSSR count). The number of carbonyl (C=O) groups excluding carboxylic acids is 1. The zero-order chi connectivity index (χ0) is 20.1. The smallest absolute Gasteiger partial charge is 0.325 e. The number of ether oxygens (including phenoxy) is 1. The molecule has 0 saturated heterocycles. The van der Waals surface area contributed by atoms with Crippen molar-refractivity contribution >= 4 is 46.4 Å². The molecule has 0 amide bonds. The van der Waals surface area contributed by atoms with Crippen LogP contribution in [0, 0.1) is 5.82 Å². The second-order valence-corrected chi connectivity index (χ2v) is 8.66. The normalized spacial score (nSPS) is 14.2. The predicted octanol–water partition coefficient (Wildman–Crippen LogP) is 3.97. The highest BCUT2D eigenvalue weighted by molar-refractivity contribution is 8.00. The fourth-order valence-corrected chi connectivity index (χ4v) is 4.70. The van der Waals surface area contributed by atoms with E-state index in [1.165, 1.54) is 23.9 Å². The first-order chi connectivity index (χ1) is 13.5. The van der Waals surface area contributed by atoms with Crippen molar-refractivity contribution in [2.45, 2.75) is 50.6 Å². The number of rotatable bonds is 7. The summed E-state index contributed by atoms with van der Waals surface area (Å²) in [6.07, 6.45) is 3.66. The maximum absolute atomic E-state index is 14.4. The Hall–Kier alpha value is -1.58. The summed E-state index contributed by atoms with van der Waals surface area (Å²) in [5.41, 5.74) is 0.0916. The molecular weight excluding hydrogens is 425 g/mol. The van der Waals surface area contributed by atoms with Gasteiger partial charge >= 0.3 is 10.8 Å². The number of benzene rings is 1. The van der Waals surface area contributed by atoms with Crippen LogP contribution in [0.15, 0.2) is 26.8 Å². The van der Waals surface area contributed by atoms with E-state index in [1.807, 2.05) is 6.92 Å². The molecule has 1 aliphatic rings. The molecule has 0 saturated carbocycles. The first-order valence-electron chi connectivity index (χ1n) is 9.12. The highest BCUT2D eigenvalue weighted by atomic mass is 35.5. The lowest BCUT2D eigenvalue weighted by Crippen LogP contribution is -2.31. The second-order valence-electron chi connectivity index (χ2n) is 6.31. The largest absolute Gasteiger partial charge is 0.465 e. The van der Waals surface area contributed by atoms with Gasteiger partial charge in [-0.05, 0) is 42.7 Å². The molecule has 0 spiro atoms. The van der Waals surface area contributed by atoms with Crippen LogP contribution in [0.1, 0.15) is 32.6 Å². The molecule has 0 N–H and O–H groups in total. The number of aromatic nitrogens is 2. The van der Waals surface area contributed by atoms with Gasteiger partial charge in [0.15, 0.2) is 0 Å². The Morgan fingerprint density at radius 3 is 2.86 bits per heavy atom. The molecule has 6 nitrogen and oxygen atoms in total. The summed E-state index contributed by atoms with van der Waals surface area (Å²) in [6.45, 7) is 3.74. The third-order valence-corrected chi connectivity index (χ3v) is 6.54. The molecular formula is C18H21ClFN3O3S2. The highest BCUT2D eigenvalue weighted by Gasteiger charge is 2.15. The van der Waals surface area contributed by atoms with Crippen molar-refractivity contribution in [3.05, 3.63) is 37.4 Å². The van der Waals surface area contributed by atoms with Crippen LogP contribution in [0.25, 0.3) is 0 Å². The van der Waals surface area contributed by atoms with Crippen LogP contribution >= 0.6 is 34.7 Å². The van der Waals surface area contributed by atoms with Crippen LogP contribution < -0.4 is 9.67 Å². The van der Waals surface area contributed by atoms with Crippen molar-refractivity contribution in [2.75, 3.05) is 12.4 Å². The van der Waals surface area contributed by atoms with Crippen LogP contribution in [0.5, 0.6) is 0 Å². The summed E-state index contributed by atoms with van der Waals surface area (Å²) in [5, 5.41) is 0.211. The topological polar surface area (TPSA) is 65.6 Å². The lowest BCUT2D eigenvalue weighted by atomic mass is 10.3. The fourth-order valence-electron chi connectivity index (χ4n) is 2.74. The number of fused-ring (bicyclic) bond motifs is 1. The highest BCUT2D eigenvalue weighted by Crippen LogP contribution is 2.33. The van der Waals surface area contributed by atoms with Gasteiger partial charge in [-0.15, -0.1) is 11.8 Å². The predicted molar refractivity (Wildman–Crippen MR) is 109 cm³/mol. The minimum absolute atomic E-state index is 0.0816. The third kappa shape index (κ3) is 5.07. The van der Waals surface area contributed by atoms with Gasteiger partial charge in [-0.1, -0.05) is 24.9 Å². The monoisotopic (exact) mass is 445 g/mol. The maximum Gasteiger partial charge on any atom is 0.325 e. The van der Waals surface area contributed by atoms with Gasteiger partial charge in [-0.2, -0.15) is 0 Å². The van der Waals surface area contributed by atoms with Crippen LogP contribution in [0.4, 0.5) is 10.1 Å². The molecule has 0 fully saturated rings. The molecule has 1 aromatic heterocycles. The van der Waals surface area contributed by atoms with Crippen LogP contribution in [-0.4, -0.2) is 27.7 Å². The number of nitrogens with zero attached hydrogens (tertiary/aromatic N) is 3. The molecule has 2 aromatic rings. The SMILES string of the molecule is CCCCOC(=O)CSc1cc(N=c2sc(=O)n3n2CCCC3)c(F)cc1Cl. The van der Waals surface area contributed by atoms with Crippen molar-refractivity contribution < 1.29 is 13.9 Å². The average molecular weight is 446 g/mol. The number of thioether (sulfide) groups is 1. The Morgan fingerprint density at radius 2 is 2.11 bits per heavy atom. The molecule has 0 aliphatic carbocycles. The van der Waals surface area contributed by atoms with Gasteiger partial charge in [0.05, 0.1) is 17.4 Å². The Bertz CT molecular complexity index is 983. The number of hydrogen-bond donors (Lipinski definition) is 0. The summed E-state index contributed by atoms with van der Waals surface area (Å²) in [7, 11) is 0. The van der Waals surface area contributed by atoms with Gasteiger partial charge in [0.25, 0.3) is 0 Å². The fraction of sp³-hybridized carbons (Fsp3) is 0.500. The van der Waals surface area contributed by atoms with E-state index in [-0.39, 0.29) is 27.3 Å². The summed E-state index contributed by atoms with van der Waals surface area (Å²) in [4.78, 5) is 29.1. The quantitative estimate of drug-likeness (QED) is 0.367. The minimum Gasteiger partial charge on any atom is -0.465 e. The van der Waals surface area contributed by atoms with Crippen molar-refractivity contribution in [1.29, 1.82) is 0 Å². The van der Waals surface area contributed by atoms with Gasteiger partial charge in [-0.25, -0.2) is 14.1 Å². The third-order valence-electron chi connectivity index (χ3n) is 4.22. The van der Waals surface area contributed by atoms with Crippen LogP contribution in [-0.2, 0) is 22.6 Å². The summed E-state index contributed by atoms with van der Waals surface area (Å²) >= 11 is 8.30. The minimum atomic E-state index is -0.573. The van der Waals surface area contributed by atoms with Crippen molar-refractivity contribution in [2.24, 2.45) is 4.99 Å². The van der Waals surface area contributed by atoms with E-state index < -0.39 is 5.82 Å². The Balaban J connectivity index is 1.83. The first-order valence-corrected chi connectivity index (χ1v) is 11.3. The summed E-state index contributed by atoms with van der Waals surface area (Å²) in [6, 6.07) is 2.69. The van der Waals surface area contributed by atoms with E-state index in [2.05, 4.69) is 4.99 Å². The number of halogens is 2. The number of carbonyl (C=O) groups is 1. The molecule has 28 heavy (non-hydrogen) atoms. The first kappa shape index (κ1) is 21.1. The number of unbranched alkanes of at least 4 members (excludes halogenated alkanes) is 1. The van der Waals surface area contributed by atoms with Crippen LogP contribution in [0.2, 0.25) is 5.02 Å². The van der Waals surface area contributed by atoms with Crippen molar-refractivity contribution in [1.82, 2.24) is 9.36 Å². The van der Waals surface area contributed by atoms with E-state index in [4.69, 9.17) is 16.3 Å². The van der Waals surface area contributed by atoms with Crippen molar-refractivity contribution in [3.8, 4) is 0 Å². The Morgan fingerprint density at radius 1 is 1.36 bits per heavy atom. The lowest BCUT2D eigenvalue weighted by molar-refractivity contribution is -0.140. The van der Waals surface area contributed by atoms with Crippen molar-refractivity contribution in [3.63, 3.8) is 0 Å². The molecule has 0 bridgehead atoms. The zero-order valence-electron chi connectivity index (χ0n) is 15.5. The van der Waals surface area contributed by atoms with Gasteiger partial charge < -0.3 is 4.74 Å². The molecule has 152 valence electrons. The van der Waals surface area contributed by atoms with Gasteiger partial charge in [0, 0.05) is 18.0 Å². The Labute approximate surface area is 175 Å². The molecule has 0 unspecified atom stereocenters. The van der Waals surface area contributed by atoms with E-state index in [9.17, 15) is 14.0 Å².